The van der Waals surface area contributed by atoms with Gasteiger partial charge in [-0.05, 0) is 12.1 Å². The highest BCUT2D eigenvalue weighted by atomic mass is 19.1. The van der Waals surface area contributed by atoms with Crippen molar-refractivity contribution in [2.24, 2.45) is 5.73 Å². The lowest BCUT2D eigenvalue weighted by Gasteiger charge is -2.06. The predicted octanol–water partition coefficient (Wildman–Crippen LogP) is 0.0875. The molecule has 0 unspecified atom stereocenters. The fourth-order valence-electron chi connectivity index (χ4n) is 1.34. The van der Waals surface area contributed by atoms with Crippen molar-refractivity contribution in [1.82, 2.24) is 14.8 Å². The number of nitrogens with two attached hydrogens (primary N) is 2. The summed E-state index contributed by atoms with van der Waals surface area (Å²) in [7, 11) is 0. The van der Waals surface area contributed by atoms with Crippen molar-refractivity contribution in [1.29, 1.82) is 0 Å². The van der Waals surface area contributed by atoms with E-state index in [2.05, 4.69) is 10.1 Å². The van der Waals surface area contributed by atoms with Crippen LogP contribution < -0.4 is 11.5 Å². The average Bonchev–Trinajstić information content (AvgIpc) is 2.63. The molecule has 1 amide bonds. The minimum absolute atomic E-state index is 0.0275. The summed E-state index contributed by atoms with van der Waals surface area (Å²) >= 11 is 0. The largest absolute Gasteiger partial charge is 0.366 e. The topological polar surface area (TPSA) is 99.8 Å². The molecule has 0 saturated heterocycles. The van der Waals surface area contributed by atoms with Gasteiger partial charge in [-0.1, -0.05) is 6.07 Å². The fourth-order valence-corrected chi connectivity index (χ4v) is 1.34. The predicted molar refractivity (Wildman–Crippen MR) is 54.2 cm³/mol. The first-order valence-electron chi connectivity index (χ1n) is 4.35. The number of carbonyl (C=O) groups is 1. The van der Waals surface area contributed by atoms with Crippen molar-refractivity contribution in [2.75, 3.05) is 5.73 Å². The average molecular weight is 221 g/mol. The van der Waals surface area contributed by atoms with Crippen LogP contribution in [0.4, 0.5) is 10.3 Å². The molecule has 16 heavy (non-hydrogen) atoms. The summed E-state index contributed by atoms with van der Waals surface area (Å²) in [6, 6.07) is 4.08. The monoisotopic (exact) mass is 221 g/mol. The fraction of sp³-hybridized carbons (Fsp3) is 0. The van der Waals surface area contributed by atoms with E-state index in [0.717, 1.165) is 6.07 Å². The van der Waals surface area contributed by atoms with Crippen LogP contribution in [0, 0.1) is 5.82 Å². The Morgan fingerprint density at radius 3 is 2.75 bits per heavy atom. The molecular formula is C9H8FN5O. The lowest BCUT2D eigenvalue weighted by Crippen LogP contribution is -2.17. The number of nitrogen functional groups attached to an aromatic ring is 1. The first-order chi connectivity index (χ1) is 7.59. The third-order valence-corrected chi connectivity index (χ3v) is 1.99. The summed E-state index contributed by atoms with van der Waals surface area (Å²) in [5, 5.41) is 3.77. The maximum atomic E-state index is 13.4. The van der Waals surface area contributed by atoms with Crippen molar-refractivity contribution < 1.29 is 9.18 Å². The molecule has 0 radical (unpaired) electrons. The molecule has 0 aliphatic heterocycles. The zero-order chi connectivity index (χ0) is 11.7. The molecule has 0 spiro atoms. The molecule has 6 nitrogen and oxygen atoms in total. The Bertz CT molecular complexity index is 551. The first-order valence-corrected chi connectivity index (χ1v) is 4.35. The third-order valence-electron chi connectivity index (χ3n) is 1.99. The summed E-state index contributed by atoms with van der Waals surface area (Å²) in [6.45, 7) is 0. The molecule has 0 atom stereocenters. The number of carbonyl (C=O) groups excluding carboxylic acids is 1. The zero-order valence-electron chi connectivity index (χ0n) is 8.09. The van der Waals surface area contributed by atoms with E-state index in [4.69, 9.17) is 11.5 Å². The van der Waals surface area contributed by atoms with Crippen molar-refractivity contribution in [3.63, 3.8) is 0 Å². The van der Waals surface area contributed by atoms with Crippen LogP contribution in [0.5, 0.6) is 0 Å². The number of benzene rings is 1. The number of rotatable bonds is 2. The van der Waals surface area contributed by atoms with Crippen LogP contribution in [0.15, 0.2) is 24.5 Å². The number of aromatic nitrogens is 3. The molecule has 7 heteroatoms. The summed E-state index contributed by atoms with van der Waals surface area (Å²) in [4.78, 5) is 14.8. The molecule has 2 aromatic rings. The maximum absolute atomic E-state index is 13.4. The Morgan fingerprint density at radius 1 is 1.44 bits per heavy atom. The Hall–Kier alpha value is -2.44. The van der Waals surface area contributed by atoms with E-state index in [1.165, 1.54) is 23.1 Å². The molecule has 1 heterocycles. The Balaban J connectivity index is 2.65. The summed E-state index contributed by atoms with van der Waals surface area (Å²) in [5.41, 5.74) is 10.4. The molecule has 1 aromatic heterocycles. The van der Waals surface area contributed by atoms with Gasteiger partial charge in [0.25, 0.3) is 5.91 Å². The van der Waals surface area contributed by atoms with E-state index in [0.29, 0.717) is 0 Å². The van der Waals surface area contributed by atoms with Crippen LogP contribution >= 0.6 is 0 Å². The highest BCUT2D eigenvalue weighted by molar-refractivity contribution is 5.96. The molecule has 4 N–H and O–H groups in total. The summed E-state index contributed by atoms with van der Waals surface area (Å²) < 4.78 is 14.6. The summed E-state index contributed by atoms with van der Waals surface area (Å²) in [6.07, 6.45) is 1.27. The quantitative estimate of drug-likeness (QED) is 0.750. The van der Waals surface area contributed by atoms with Crippen molar-refractivity contribution in [2.45, 2.75) is 0 Å². The number of anilines is 1. The number of nitrogens with zero attached hydrogens (tertiary/aromatic N) is 3. The van der Waals surface area contributed by atoms with E-state index < -0.39 is 11.7 Å². The van der Waals surface area contributed by atoms with Gasteiger partial charge in [0.15, 0.2) is 0 Å². The second kappa shape index (κ2) is 3.61. The lowest BCUT2D eigenvalue weighted by atomic mass is 10.1. The van der Waals surface area contributed by atoms with E-state index in [-0.39, 0.29) is 17.2 Å². The maximum Gasteiger partial charge on any atom is 0.253 e. The molecule has 82 valence electrons. The van der Waals surface area contributed by atoms with E-state index in [1.54, 1.807) is 0 Å². The van der Waals surface area contributed by atoms with Crippen molar-refractivity contribution in [3.8, 4) is 5.69 Å². The van der Waals surface area contributed by atoms with Gasteiger partial charge in [-0.3, -0.25) is 4.79 Å². The molecule has 2 rings (SSSR count). The van der Waals surface area contributed by atoms with E-state index >= 15 is 0 Å². The van der Waals surface area contributed by atoms with E-state index in [9.17, 15) is 9.18 Å². The van der Waals surface area contributed by atoms with Crippen LogP contribution in [0.3, 0.4) is 0 Å². The summed E-state index contributed by atoms with van der Waals surface area (Å²) in [5.74, 6) is -1.55. The second-order valence-corrected chi connectivity index (χ2v) is 3.05. The Kier molecular flexibility index (Phi) is 2.28. The molecular weight excluding hydrogens is 213 g/mol. The minimum atomic E-state index is -0.873. The normalized spacial score (nSPS) is 10.3. The molecule has 0 saturated carbocycles. The minimum Gasteiger partial charge on any atom is -0.366 e. The first kappa shape index (κ1) is 10.1. The molecule has 0 fully saturated rings. The second-order valence-electron chi connectivity index (χ2n) is 3.05. The van der Waals surface area contributed by atoms with Gasteiger partial charge in [-0.25, -0.2) is 14.1 Å². The van der Waals surface area contributed by atoms with Gasteiger partial charge in [0, 0.05) is 0 Å². The van der Waals surface area contributed by atoms with Crippen LogP contribution in [0.25, 0.3) is 5.69 Å². The molecule has 0 aliphatic carbocycles. The molecule has 1 aromatic carbocycles. The standard InChI is InChI=1S/C9H8FN5O/c10-5-2-1-3-6(7(5)8(11)16)15-4-13-9(12)14-15/h1-4H,(H2,11,16)(H2,12,14). The van der Waals surface area contributed by atoms with Gasteiger partial charge in [0.05, 0.1) is 5.69 Å². The van der Waals surface area contributed by atoms with Crippen LogP contribution in [-0.4, -0.2) is 20.7 Å². The number of amides is 1. The molecule has 0 aliphatic rings. The third kappa shape index (κ3) is 1.58. The number of hydrogen-bond acceptors (Lipinski definition) is 4. The van der Waals surface area contributed by atoms with Gasteiger partial charge in [0.1, 0.15) is 17.7 Å². The van der Waals surface area contributed by atoms with Gasteiger partial charge in [0.2, 0.25) is 5.95 Å². The number of primary amides is 1. The molecule has 0 bridgehead atoms. The van der Waals surface area contributed by atoms with Crippen LogP contribution in [0.1, 0.15) is 10.4 Å². The van der Waals surface area contributed by atoms with Gasteiger partial charge in [-0.2, -0.15) is 0 Å². The van der Waals surface area contributed by atoms with Crippen LogP contribution in [0.2, 0.25) is 0 Å². The van der Waals surface area contributed by atoms with Gasteiger partial charge in [-0.15, -0.1) is 5.10 Å². The highest BCUT2D eigenvalue weighted by Crippen LogP contribution is 2.16. The smallest absolute Gasteiger partial charge is 0.253 e. The van der Waals surface area contributed by atoms with Crippen molar-refractivity contribution >= 4 is 11.9 Å². The number of hydrogen-bond donors (Lipinski definition) is 2. The van der Waals surface area contributed by atoms with Gasteiger partial charge >= 0.3 is 0 Å². The number of halogens is 1. The Labute approximate surface area is 89.7 Å². The Morgan fingerprint density at radius 2 is 2.19 bits per heavy atom. The SMILES string of the molecule is NC(=O)c1c(F)cccc1-n1cnc(N)n1. The van der Waals surface area contributed by atoms with E-state index in [1.807, 2.05) is 0 Å². The van der Waals surface area contributed by atoms with Crippen LogP contribution in [-0.2, 0) is 0 Å². The van der Waals surface area contributed by atoms with Crippen molar-refractivity contribution in [3.05, 3.63) is 35.9 Å². The lowest BCUT2D eigenvalue weighted by molar-refractivity contribution is 0.0996. The van der Waals surface area contributed by atoms with Gasteiger partial charge < -0.3 is 11.5 Å². The highest BCUT2D eigenvalue weighted by Gasteiger charge is 2.15. The zero-order valence-corrected chi connectivity index (χ0v) is 8.09.